The van der Waals surface area contributed by atoms with Gasteiger partial charge in [0.15, 0.2) is 0 Å². The van der Waals surface area contributed by atoms with E-state index in [9.17, 15) is 0 Å². The highest BCUT2D eigenvalue weighted by Crippen LogP contribution is 2.16. The van der Waals surface area contributed by atoms with Gasteiger partial charge in [-0.05, 0) is 29.3 Å². The highest BCUT2D eigenvalue weighted by molar-refractivity contribution is 5.78. The van der Waals surface area contributed by atoms with E-state index in [0.29, 0.717) is 6.54 Å². The molecule has 0 aliphatic heterocycles. The van der Waals surface area contributed by atoms with Crippen molar-refractivity contribution in [1.82, 2.24) is 9.97 Å². The lowest BCUT2D eigenvalue weighted by Crippen LogP contribution is -2.01. The Morgan fingerprint density at radius 3 is 2.89 bits per heavy atom. The lowest BCUT2D eigenvalue weighted by molar-refractivity contribution is 1.05. The van der Waals surface area contributed by atoms with E-state index in [1.54, 1.807) is 6.33 Å². The maximum atomic E-state index is 5.64. The van der Waals surface area contributed by atoms with Crippen molar-refractivity contribution in [1.29, 1.82) is 0 Å². The molecule has 1 aromatic heterocycles. The number of anilines is 1. The molecule has 0 amide bonds. The van der Waals surface area contributed by atoms with Gasteiger partial charge in [-0.2, -0.15) is 0 Å². The summed E-state index contributed by atoms with van der Waals surface area (Å²) in [5, 5.41) is 3.41. The standard InChI is InChI=1S/C15H16N4/c16-8-11-2-1-3-12(6-11)9-17-13-4-5-14-15(7-13)19-10-18-14/h1-7,10,17H,8-9,16H2,(H,18,19). The molecule has 0 unspecified atom stereocenters. The van der Waals surface area contributed by atoms with Gasteiger partial charge in [-0.25, -0.2) is 4.98 Å². The number of rotatable bonds is 4. The SMILES string of the molecule is NCc1cccc(CNc2ccc3nc[nH]c3c2)c1. The summed E-state index contributed by atoms with van der Waals surface area (Å²) in [5.41, 5.74) is 11.1. The summed E-state index contributed by atoms with van der Waals surface area (Å²) in [4.78, 5) is 7.31. The largest absolute Gasteiger partial charge is 0.381 e. The Kier molecular flexibility index (Phi) is 3.16. The number of aromatic nitrogens is 2. The molecule has 3 rings (SSSR count). The highest BCUT2D eigenvalue weighted by Gasteiger charge is 1.99. The number of nitrogens with one attached hydrogen (secondary N) is 2. The van der Waals surface area contributed by atoms with Crippen LogP contribution >= 0.6 is 0 Å². The van der Waals surface area contributed by atoms with Crippen molar-refractivity contribution in [2.45, 2.75) is 13.1 Å². The molecule has 3 aromatic rings. The highest BCUT2D eigenvalue weighted by atomic mass is 14.9. The Balaban J connectivity index is 1.74. The first kappa shape index (κ1) is 11.7. The quantitative estimate of drug-likeness (QED) is 0.668. The number of hydrogen-bond acceptors (Lipinski definition) is 3. The molecule has 0 atom stereocenters. The van der Waals surface area contributed by atoms with Crippen LogP contribution in [0.15, 0.2) is 48.8 Å². The minimum Gasteiger partial charge on any atom is -0.381 e. The van der Waals surface area contributed by atoms with Crippen molar-refractivity contribution < 1.29 is 0 Å². The average Bonchev–Trinajstić information content (AvgIpc) is 2.93. The zero-order valence-corrected chi connectivity index (χ0v) is 10.6. The molecule has 4 heteroatoms. The number of H-pyrrole nitrogens is 1. The van der Waals surface area contributed by atoms with Crippen LogP contribution in [0.25, 0.3) is 11.0 Å². The smallest absolute Gasteiger partial charge is 0.0931 e. The van der Waals surface area contributed by atoms with E-state index in [1.807, 2.05) is 24.3 Å². The molecule has 0 saturated carbocycles. The van der Waals surface area contributed by atoms with E-state index in [0.717, 1.165) is 28.8 Å². The minimum absolute atomic E-state index is 0.577. The zero-order valence-electron chi connectivity index (χ0n) is 10.6. The average molecular weight is 252 g/mol. The lowest BCUT2D eigenvalue weighted by atomic mass is 10.1. The molecule has 0 spiro atoms. The number of aromatic amines is 1. The fourth-order valence-electron chi connectivity index (χ4n) is 2.12. The summed E-state index contributed by atoms with van der Waals surface area (Å²) in [7, 11) is 0. The number of hydrogen-bond donors (Lipinski definition) is 3. The van der Waals surface area contributed by atoms with Crippen molar-refractivity contribution >= 4 is 16.7 Å². The number of nitrogens with zero attached hydrogens (tertiary/aromatic N) is 1. The first-order chi connectivity index (χ1) is 9.35. The molecule has 0 bridgehead atoms. The van der Waals surface area contributed by atoms with Gasteiger partial charge in [-0.1, -0.05) is 24.3 Å². The van der Waals surface area contributed by atoms with Crippen LogP contribution in [0.2, 0.25) is 0 Å². The molecule has 0 aliphatic rings. The normalized spacial score (nSPS) is 10.8. The van der Waals surface area contributed by atoms with Gasteiger partial charge in [0.25, 0.3) is 0 Å². The maximum Gasteiger partial charge on any atom is 0.0931 e. The van der Waals surface area contributed by atoms with Crippen molar-refractivity contribution in [2.24, 2.45) is 5.73 Å². The van der Waals surface area contributed by atoms with Crippen LogP contribution in [0.1, 0.15) is 11.1 Å². The molecule has 19 heavy (non-hydrogen) atoms. The van der Waals surface area contributed by atoms with Crippen LogP contribution in [-0.2, 0) is 13.1 Å². The van der Waals surface area contributed by atoms with Gasteiger partial charge in [0.05, 0.1) is 17.4 Å². The molecule has 4 N–H and O–H groups in total. The molecular formula is C15H16N4. The Morgan fingerprint density at radius 1 is 1.11 bits per heavy atom. The van der Waals surface area contributed by atoms with Crippen LogP contribution in [0.4, 0.5) is 5.69 Å². The summed E-state index contributed by atoms with van der Waals surface area (Å²) < 4.78 is 0. The van der Waals surface area contributed by atoms with Gasteiger partial charge >= 0.3 is 0 Å². The molecule has 1 heterocycles. The van der Waals surface area contributed by atoms with Crippen molar-refractivity contribution in [3.63, 3.8) is 0 Å². The van der Waals surface area contributed by atoms with Crippen LogP contribution in [0, 0.1) is 0 Å². The van der Waals surface area contributed by atoms with Crippen molar-refractivity contribution in [2.75, 3.05) is 5.32 Å². The van der Waals surface area contributed by atoms with E-state index >= 15 is 0 Å². The van der Waals surface area contributed by atoms with Crippen molar-refractivity contribution in [3.8, 4) is 0 Å². The number of fused-ring (bicyclic) bond motifs is 1. The van der Waals surface area contributed by atoms with Gasteiger partial charge in [-0.15, -0.1) is 0 Å². The first-order valence-electron chi connectivity index (χ1n) is 6.30. The minimum atomic E-state index is 0.577. The van der Waals surface area contributed by atoms with Gasteiger partial charge in [-0.3, -0.25) is 0 Å². The van der Waals surface area contributed by atoms with Gasteiger partial charge in [0.2, 0.25) is 0 Å². The number of imidazole rings is 1. The Bertz CT molecular complexity index is 687. The van der Waals surface area contributed by atoms with E-state index < -0.39 is 0 Å². The third kappa shape index (κ3) is 2.58. The molecule has 0 fully saturated rings. The summed E-state index contributed by atoms with van der Waals surface area (Å²) in [6.45, 7) is 1.36. The van der Waals surface area contributed by atoms with Gasteiger partial charge in [0, 0.05) is 18.8 Å². The van der Waals surface area contributed by atoms with Gasteiger partial charge < -0.3 is 16.0 Å². The van der Waals surface area contributed by atoms with Crippen LogP contribution in [-0.4, -0.2) is 9.97 Å². The fourth-order valence-corrected chi connectivity index (χ4v) is 2.12. The lowest BCUT2D eigenvalue weighted by Gasteiger charge is -2.07. The number of benzene rings is 2. The third-order valence-corrected chi connectivity index (χ3v) is 3.14. The van der Waals surface area contributed by atoms with E-state index in [1.165, 1.54) is 5.56 Å². The summed E-state index contributed by atoms with van der Waals surface area (Å²) in [6, 6.07) is 14.4. The Hall–Kier alpha value is -2.33. The Morgan fingerprint density at radius 2 is 2.00 bits per heavy atom. The van der Waals surface area contributed by atoms with Crippen LogP contribution < -0.4 is 11.1 Å². The third-order valence-electron chi connectivity index (χ3n) is 3.14. The summed E-state index contributed by atoms with van der Waals surface area (Å²) in [6.07, 6.45) is 1.71. The maximum absolute atomic E-state index is 5.64. The Labute approximate surface area is 111 Å². The molecule has 96 valence electrons. The summed E-state index contributed by atoms with van der Waals surface area (Å²) in [5.74, 6) is 0. The van der Waals surface area contributed by atoms with Crippen molar-refractivity contribution in [3.05, 3.63) is 59.9 Å². The molecule has 0 radical (unpaired) electrons. The summed E-state index contributed by atoms with van der Waals surface area (Å²) >= 11 is 0. The van der Waals surface area contributed by atoms with E-state index in [-0.39, 0.29) is 0 Å². The monoisotopic (exact) mass is 252 g/mol. The first-order valence-corrected chi connectivity index (χ1v) is 6.30. The molecule has 0 saturated heterocycles. The van der Waals surface area contributed by atoms with Crippen LogP contribution in [0.5, 0.6) is 0 Å². The van der Waals surface area contributed by atoms with Crippen LogP contribution in [0.3, 0.4) is 0 Å². The predicted octanol–water partition coefficient (Wildman–Crippen LogP) is 2.63. The zero-order chi connectivity index (χ0) is 13.1. The molecule has 2 aromatic carbocycles. The fraction of sp³-hybridized carbons (Fsp3) is 0.133. The van der Waals surface area contributed by atoms with E-state index in [4.69, 9.17) is 5.73 Å². The molecule has 4 nitrogen and oxygen atoms in total. The van der Waals surface area contributed by atoms with E-state index in [2.05, 4.69) is 33.5 Å². The second-order valence-electron chi connectivity index (χ2n) is 4.51. The number of nitrogens with two attached hydrogens (primary N) is 1. The molecule has 0 aliphatic carbocycles. The van der Waals surface area contributed by atoms with Gasteiger partial charge in [0.1, 0.15) is 0 Å². The molecular weight excluding hydrogens is 236 g/mol. The second kappa shape index (κ2) is 5.12. The predicted molar refractivity (Wildman–Crippen MR) is 77.8 cm³/mol. The topological polar surface area (TPSA) is 66.7 Å². The second-order valence-corrected chi connectivity index (χ2v) is 4.51.